The largest absolute Gasteiger partial charge is 0.497 e. The van der Waals surface area contributed by atoms with Gasteiger partial charge in [0, 0.05) is 19.3 Å². The lowest BCUT2D eigenvalue weighted by atomic mass is 10.0. The second-order valence-electron chi connectivity index (χ2n) is 6.49. The van der Waals surface area contributed by atoms with Crippen LogP contribution in [0.5, 0.6) is 5.75 Å². The third-order valence-electron chi connectivity index (χ3n) is 4.73. The van der Waals surface area contributed by atoms with Gasteiger partial charge < -0.3 is 20.5 Å². The van der Waals surface area contributed by atoms with E-state index in [1.807, 2.05) is 35.1 Å². The summed E-state index contributed by atoms with van der Waals surface area (Å²) in [7, 11) is 1.61. The van der Waals surface area contributed by atoms with Gasteiger partial charge in [-0.15, -0.1) is 0 Å². The summed E-state index contributed by atoms with van der Waals surface area (Å²) in [5, 5.41) is 20.1. The summed E-state index contributed by atoms with van der Waals surface area (Å²) in [4.78, 5) is 12.6. The first-order valence-electron chi connectivity index (χ1n) is 9.03. The number of carbonyl (C=O) groups excluding carboxylic acids is 1. The van der Waals surface area contributed by atoms with E-state index in [4.69, 9.17) is 4.74 Å². The van der Waals surface area contributed by atoms with Crippen LogP contribution >= 0.6 is 0 Å². The summed E-state index contributed by atoms with van der Waals surface area (Å²) in [5.41, 5.74) is 1.32. The van der Waals surface area contributed by atoms with Crippen molar-refractivity contribution in [3.63, 3.8) is 0 Å². The monoisotopic (exact) mass is 358 g/mol. The zero-order chi connectivity index (χ0) is 18.4. The number of ether oxygens (including phenoxy) is 1. The van der Waals surface area contributed by atoms with Gasteiger partial charge in [-0.2, -0.15) is 5.10 Å². The molecule has 0 aliphatic carbocycles. The summed E-state index contributed by atoms with van der Waals surface area (Å²) < 4.78 is 7.04. The van der Waals surface area contributed by atoms with Gasteiger partial charge in [-0.3, -0.25) is 9.48 Å². The molecule has 7 nitrogen and oxygen atoms in total. The van der Waals surface area contributed by atoms with Crippen LogP contribution in [0, 0.1) is 0 Å². The van der Waals surface area contributed by atoms with E-state index in [1.165, 1.54) is 0 Å². The van der Waals surface area contributed by atoms with Crippen molar-refractivity contribution in [2.75, 3.05) is 26.8 Å². The Bertz CT molecular complexity index is 708. The van der Waals surface area contributed by atoms with Crippen LogP contribution in [0.4, 0.5) is 0 Å². The molecule has 2 atom stereocenters. The summed E-state index contributed by atoms with van der Waals surface area (Å²) in [6.45, 7) is 1.90. The number of aliphatic hydroxyl groups excluding tert-OH is 1. The molecule has 2 heterocycles. The number of nitrogens with one attached hydrogen (secondary N) is 2. The predicted molar refractivity (Wildman–Crippen MR) is 98.3 cm³/mol. The average Bonchev–Trinajstić information content (AvgIpc) is 3.19. The topological polar surface area (TPSA) is 88.4 Å². The van der Waals surface area contributed by atoms with E-state index in [0.29, 0.717) is 18.2 Å². The van der Waals surface area contributed by atoms with E-state index >= 15 is 0 Å². The van der Waals surface area contributed by atoms with Crippen molar-refractivity contribution >= 4 is 5.91 Å². The molecule has 1 aliphatic heterocycles. The molecule has 0 radical (unpaired) electrons. The van der Waals surface area contributed by atoms with Crippen molar-refractivity contribution in [3.05, 3.63) is 47.8 Å². The molecule has 0 bridgehead atoms. The molecule has 140 valence electrons. The first-order valence-corrected chi connectivity index (χ1v) is 9.03. The minimum Gasteiger partial charge on any atom is -0.497 e. The second kappa shape index (κ2) is 8.82. The maximum Gasteiger partial charge on any atom is 0.272 e. The Morgan fingerprint density at radius 1 is 1.42 bits per heavy atom. The first-order chi connectivity index (χ1) is 12.7. The van der Waals surface area contributed by atoms with Gasteiger partial charge in [-0.1, -0.05) is 12.1 Å². The standard InChI is InChI=1S/C19H26N4O3/c1-26-16-6-4-14(5-7-16)17(9-12-24)21-19(25)18-8-11-23(22-18)15-3-2-10-20-13-15/h4-8,11,15,17,20,24H,2-3,9-10,12-13H2,1H3,(H,21,25). The number of benzene rings is 1. The third-order valence-corrected chi connectivity index (χ3v) is 4.73. The molecule has 1 aromatic carbocycles. The fourth-order valence-electron chi connectivity index (χ4n) is 3.24. The molecule has 2 aromatic rings. The molecule has 1 saturated heterocycles. The molecule has 1 aromatic heterocycles. The number of nitrogens with zero attached hydrogens (tertiary/aromatic N) is 2. The number of carbonyl (C=O) groups is 1. The molecule has 7 heteroatoms. The molecule has 26 heavy (non-hydrogen) atoms. The number of aromatic nitrogens is 2. The van der Waals surface area contributed by atoms with Gasteiger partial charge in [0.05, 0.1) is 19.2 Å². The molecule has 0 spiro atoms. The van der Waals surface area contributed by atoms with E-state index in [0.717, 1.165) is 37.2 Å². The summed E-state index contributed by atoms with van der Waals surface area (Å²) in [6, 6.07) is 9.23. The van der Waals surface area contributed by atoms with Gasteiger partial charge in [-0.05, 0) is 49.6 Å². The zero-order valence-corrected chi connectivity index (χ0v) is 15.0. The predicted octanol–water partition coefficient (Wildman–Crippen LogP) is 1.67. The first kappa shape index (κ1) is 18.4. The fraction of sp³-hybridized carbons (Fsp3) is 0.474. The van der Waals surface area contributed by atoms with Gasteiger partial charge in [0.15, 0.2) is 0 Å². The van der Waals surface area contributed by atoms with E-state index in [-0.39, 0.29) is 18.6 Å². The Hall–Kier alpha value is -2.38. The van der Waals surface area contributed by atoms with E-state index in [1.54, 1.807) is 13.2 Å². The number of hydrogen-bond acceptors (Lipinski definition) is 5. The minimum atomic E-state index is -0.278. The summed E-state index contributed by atoms with van der Waals surface area (Å²) in [5.74, 6) is 0.518. The maximum absolute atomic E-state index is 12.6. The lowest BCUT2D eigenvalue weighted by molar-refractivity contribution is 0.0923. The van der Waals surface area contributed by atoms with Crippen molar-refractivity contribution in [1.82, 2.24) is 20.4 Å². The Labute approximate surface area is 153 Å². The average molecular weight is 358 g/mol. The number of aliphatic hydroxyl groups is 1. The number of amides is 1. The van der Waals surface area contributed by atoms with Crippen LogP contribution in [0.25, 0.3) is 0 Å². The van der Waals surface area contributed by atoms with Gasteiger partial charge >= 0.3 is 0 Å². The smallest absolute Gasteiger partial charge is 0.272 e. The highest BCUT2D eigenvalue weighted by atomic mass is 16.5. The third kappa shape index (κ3) is 4.42. The molecule has 0 saturated carbocycles. The van der Waals surface area contributed by atoms with Gasteiger partial charge in [0.25, 0.3) is 5.91 Å². The van der Waals surface area contributed by atoms with Crippen molar-refractivity contribution in [2.24, 2.45) is 0 Å². The lowest BCUT2D eigenvalue weighted by Gasteiger charge is -2.23. The molecule has 3 rings (SSSR count). The molecule has 1 aliphatic rings. The van der Waals surface area contributed by atoms with Gasteiger partial charge in [0.1, 0.15) is 11.4 Å². The molecular weight excluding hydrogens is 332 g/mol. The SMILES string of the molecule is COc1ccc(C(CCO)NC(=O)c2ccn(C3CCCNC3)n2)cc1. The van der Waals surface area contributed by atoms with Crippen molar-refractivity contribution in [3.8, 4) is 5.75 Å². The molecule has 2 unspecified atom stereocenters. The Kier molecular flexibility index (Phi) is 6.25. The lowest BCUT2D eigenvalue weighted by Crippen LogP contribution is -2.32. The Morgan fingerprint density at radius 3 is 2.88 bits per heavy atom. The Balaban J connectivity index is 1.68. The maximum atomic E-state index is 12.6. The van der Waals surface area contributed by atoms with Crippen LogP contribution in [-0.4, -0.2) is 47.6 Å². The van der Waals surface area contributed by atoms with Crippen LogP contribution in [0.15, 0.2) is 36.5 Å². The molecule has 3 N–H and O–H groups in total. The van der Waals surface area contributed by atoms with Gasteiger partial charge in [-0.25, -0.2) is 0 Å². The van der Waals surface area contributed by atoms with Crippen LogP contribution < -0.4 is 15.4 Å². The van der Waals surface area contributed by atoms with Crippen LogP contribution in [-0.2, 0) is 0 Å². The molecule has 1 amide bonds. The van der Waals surface area contributed by atoms with Crippen LogP contribution in [0.1, 0.15) is 47.4 Å². The highest BCUT2D eigenvalue weighted by Crippen LogP contribution is 2.21. The fourth-order valence-corrected chi connectivity index (χ4v) is 3.24. The Morgan fingerprint density at radius 2 is 2.23 bits per heavy atom. The number of piperidine rings is 1. The van der Waals surface area contributed by atoms with E-state index in [9.17, 15) is 9.90 Å². The number of hydrogen-bond donors (Lipinski definition) is 3. The highest BCUT2D eigenvalue weighted by molar-refractivity contribution is 5.92. The number of methoxy groups -OCH3 is 1. The van der Waals surface area contributed by atoms with Crippen molar-refractivity contribution in [2.45, 2.75) is 31.3 Å². The minimum absolute atomic E-state index is 0.0147. The van der Waals surface area contributed by atoms with E-state index < -0.39 is 0 Å². The zero-order valence-electron chi connectivity index (χ0n) is 15.0. The van der Waals surface area contributed by atoms with Crippen LogP contribution in [0.2, 0.25) is 0 Å². The van der Waals surface area contributed by atoms with Crippen molar-refractivity contribution in [1.29, 1.82) is 0 Å². The number of rotatable bonds is 7. The quantitative estimate of drug-likeness (QED) is 0.701. The molecular formula is C19H26N4O3. The second-order valence-corrected chi connectivity index (χ2v) is 6.49. The van der Waals surface area contributed by atoms with E-state index in [2.05, 4.69) is 15.7 Å². The molecule has 1 fully saturated rings. The normalized spacial score (nSPS) is 18.3. The highest BCUT2D eigenvalue weighted by Gasteiger charge is 2.20. The van der Waals surface area contributed by atoms with Crippen LogP contribution in [0.3, 0.4) is 0 Å². The van der Waals surface area contributed by atoms with Gasteiger partial charge in [0.2, 0.25) is 0 Å². The summed E-state index contributed by atoms with van der Waals surface area (Å²) >= 11 is 0. The van der Waals surface area contributed by atoms with Crippen molar-refractivity contribution < 1.29 is 14.6 Å². The summed E-state index contributed by atoms with van der Waals surface area (Å²) in [6.07, 6.45) is 4.48.